The van der Waals surface area contributed by atoms with Gasteiger partial charge in [-0.2, -0.15) is 0 Å². The summed E-state index contributed by atoms with van der Waals surface area (Å²) in [6.45, 7) is 2.18. The lowest BCUT2D eigenvalue weighted by atomic mass is 10.1. The molecule has 0 unspecified atom stereocenters. The summed E-state index contributed by atoms with van der Waals surface area (Å²) in [6, 6.07) is 9.82. The van der Waals surface area contributed by atoms with E-state index in [2.05, 4.69) is 11.4 Å². The van der Waals surface area contributed by atoms with Crippen LogP contribution >= 0.6 is 11.3 Å². The van der Waals surface area contributed by atoms with E-state index in [1.807, 2.05) is 25.1 Å². The third-order valence-corrected chi connectivity index (χ3v) is 5.95. The molecule has 2 aromatic heterocycles. The van der Waals surface area contributed by atoms with E-state index >= 15 is 0 Å². The number of benzene rings is 1. The van der Waals surface area contributed by atoms with Crippen LogP contribution in [-0.4, -0.2) is 15.0 Å². The van der Waals surface area contributed by atoms with E-state index < -0.39 is 5.69 Å². The summed E-state index contributed by atoms with van der Waals surface area (Å²) in [5.41, 5.74) is 2.25. The Bertz CT molecular complexity index is 1130. The molecule has 7 heteroatoms. The van der Waals surface area contributed by atoms with Crippen molar-refractivity contribution in [3.05, 3.63) is 67.7 Å². The monoisotopic (exact) mass is 383 g/mol. The SMILES string of the molecule is CCCn1c(=O)c2sccc2n(CC(=O)N[C@H]2CCc3ccccc32)c1=O. The molecular formula is C20H21N3O3S. The quantitative estimate of drug-likeness (QED) is 0.735. The normalized spacial score (nSPS) is 15.8. The number of nitrogens with one attached hydrogen (secondary N) is 1. The van der Waals surface area contributed by atoms with E-state index in [0.717, 1.165) is 18.4 Å². The first-order valence-corrected chi connectivity index (χ1v) is 10.1. The third kappa shape index (κ3) is 3.12. The number of thiophene rings is 1. The van der Waals surface area contributed by atoms with Crippen LogP contribution in [0.15, 0.2) is 45.3 Å². The van der Waals surface area contributed by atoms with Crippen molar-refractivity contribution < 1.29 is 4.79 Å². The highest BCUT2D eigenvalue weighted by molar-refractivity contribution is 7.17. The number of fused-ring (bicyclic) bond motifs is 2. The molecule has 1 amide bonds. The van der Waals surface area contributed by atoms with Crippen molar-refractivity contribution in [1.29, 1.82) is 0 Å². The molecule has 140 valence electrons. The zero-order valence-corrected chi connectivity index (χ0v) is 15.9. The van der Waals surface area contributed by atoms with Crippen molar-refractivity contribution in [2.45, 2.75) is 45.3 Å². The molecule has 1 N–H and O–H groups in total. The molecule has 0 saturated heterocycles. The van der Waals surface area contributed by atoms with Gasteiger partial charge in [0.2, 0.25) is 5.91 Å². The standard InChI is InChI=1S/C20H21N3O3S/c1-2-10-22-19(25)18-16(9-11-27-18)23(20(22)26)12-17(24)21-15-8-7-13-5-3-4-6-14(13)15/h3-6,9,11,15H,2,7-8,10,12H2,1H3,(H,21,24)/t15-/m0/s1. The van der Waals surface area contributed by atoms with Gasteiger partial charge in [-0.25, -0.2) is 4.79 Å². The number of aryl methyl sites for hydroxylation is 1. The Hall–Kier alpha value is -2.67. The van der Waals surface area contributed by atoms with Crippen LogP contribution in [-0.2, 0) is 24.3 Å². The maximum atomic E-state index is 12.8. The lowest BCUT2D eigenvalue weighted by Crippen LogP contribution is -2.42. The van der Waals surface area contributed by atoms with Crippen molar-refractivity contribution in [2.24, 2.45) is 0 Å². The van der Waals surface area contributed by atoms with E-state index in [1.54, 1.807) is 11.4 Å². The number of aromatic nitrogens is 2. The van der Waals surface area contributed by atoms with Crippen LogP contribution in [0.4, 0.5) is 0 Å². The van der Waals surface area contributed by atoms with E-state index in [0.29, 0.717) is 23.2 Å². The van der Waals surface area contributed by atoms with Gasteiger partial charge in [0.25, 0.3) is 5.56 Å². The van der Waals surface area contributed by atoms with Crippen LogP contribution in [0.5, 0.6) is 0 Å². The van der Waals surface area contributed by atoms with Crippen molar-refractivity contribution in [1.82, 2.24) is 14.5 Å². The average molecular weight is 383 g/mol. The summed E-state index contributed by atoms with van der Waals surface area (Å²) in [5.74, 6) is -0.215. The lowest BCUT2D eigenvalue weighted by Gasteiger charge is -2.16. The van der Waals surface area contributed by atoms with Crippen molar-refractivity contribution >= 4 is 27.5 Å². The molecule has 0 bridgehead atoms. The summed E-state index contributed by atoms with van der Waals surface area (Å²) in [7, 11) is 0. The second-order valence-corrected chi connectivity index (χ2v) is 7.73. The van der Waals surface area contributed by atoms with Gasteiger partial charge < -0.3 is 5.32 Å². The molecule has 1 aromatic carbocycles. The average Bonchev–Trinajstić information content (AvgIpc) is 3.30. The van der Waals surface area contributed by atoms with Gasteiger partial charge in [-0.1, -0.05) is 31.2 Å². The first kappa shape index (κ1) is 17.7. The molecule has 27 heavy (non-hydrogen) atoms. The molecule has 0 aliphatic heterocycles. The summed E-state index contributed by atoms with van der Waals surface area (Å²) in [6.07, 6.45) is 2.48. The maximum Gasteiger partial charge on any atom is 0.332 e. The molecule has 3 aromatic rings. The van der Waals surface area contributed by atoms with E-state index in [1.165, 1.54) is 26.0 Å². The van der Waals surface area contributed by atoms with E-state index in [4.69, 9.17) is 0 Å². The lowest BCUT2D eigenvalue weighted by molar-refractivity contribution is -0.122. The fraction of sp³-hybridized carbons (Fsp3) is 0.350. The molecule has 0 spiro atoms. The minimum Gasteiger partial charge on any atom is -0.348 e. The van der Waals surface area contributed by atoms with Crippen LogP contribution in [0, 0.1) is 0 Å². The molecule has 2 heterocycles. The second-order valence-electron chi connectivity index (χ2n) is 6.82. The Morgan fingerprint density at radius 2 is 2.04 bits per heavy atom. The summed E-state index contributed by atoms with van der Waals surface area (Å²) < 4.78 is 3.16. The smallest absolute Gasteiger partial charge is 0.332 e. The minimum absolute atomic E-state index is 0.0242. The molecule has 0 radical (unpaired) electrons. The first-order chi connectivity index (χ1) is 13.1. The van der Waals surface area contributed by atoms with Gasteiger partial charge in [-0.05, 0) is 41.8 Å². The predicted octanol–water partition coefficient (Wildman–Crippen LogP) is 2.44. The number of nitrogens with zero attached hydrogens (tertiary/aromatic N) is 2. The zero-order valence-electron chi connectivity index (χ0n) is 15.1. The summed E-state index contributed by atoms with van der Waals surface area (Å²) >= 11 is 1.30. The first-order valence-electron chi connectivity index (χ1n) is 9.18. The molecular weight excluding hydrogens is 362 g/mol. The molecule has 1 atom stereocenters. The highest BCUT2D eigenvalue weighted by Crippen LogP contribution is 2.30. The fourth-order valence-corrected chi connectivity index (χ4v) is 4.64. The predicted molar refractivity (Wildman–Crippen MR) is 106 cm³/mol. The molecule has 0 fully saturated rings. The van der Waals surface area contributed by atoms with Gasteiger partial charge in [-0.15, -0.1) is 11.3 Å². The van der Waals surface area contributed by atoms with Crippen LogP contribution in [0.3, 0.4) is 0 Å². The van der Waals surface area contributed by atoms with Crippen molar-refractivity contribution in [3.8, 4) is 0 Å². The second kappa shape index (κ2) is 7.15. The largest absolute Gasteiger partial charge is 0.348 e. The van der Waals surface area contributed by atoms with Gasteiger partial charge >= 0.3 is 5.69 Å². The van der Waals surface area contributed by atoms with E-state index in [9.17, 15) is 14.4 Å². The Morgan fingerprint density at radius 3 is 2.85 bits per heavy atom. The number of hydrogen-bond donors (Lipinski definition) is 1. The maximum absolute atomic E-state index is 12.8. The third-order valence-electron chi connectivity index (χ3n) is 5.05. The van der Waals surface area contributed by atoms with Crippen LogP contribution < -0.4 is 16.6 Å². The van der Waals surface area contributed by atoms with Gasteiger partial charge in [0.05, 0.1) is 11.6 Å². The fourth-order valence-electron chi connectivity index (χ4n) is 3.80. The van der Waals surface area contributed by atoms with Gasteiger partial charge in [-0.3, -0.25) is 18.7 Å². The minimum atomic E-state index is -0.422. The number of carbonyl (C=O) groups excluding carboxylic acids is 1. The number of hydrogen-bond acceptors (Lipinski definition) is 4. The highest BCUT2D eigenvalue weighted by atomic mass is 32.1. The zero-order chi connectivity index (χ0) is 19.0. The van der Waals surface area contributed by atoms with Crippen LogP contribution in [0.1, 0.15) is 36.9 Å². The Kier molecular flexibility index (Phi) is 4.70. The molecule has 1 aliphatic carbocycles. The number of carbonyl (C=O) groups is 1. The molecule has 4 rings (SSSR count). The van der Waals surface area contributed by atoms with Crippen molar-refractivity contribution in [3.63, 3.8) is 0 Å². The number of amides is 1. The van der Waals surface area contributed by atoms with Gasteiger partial charge in [0.15, 0.2) is 0 Å². The van der Waals surface area contributed by atoms with E-state index in [-0.39, 0.29) is 24.1 Å². The van der Waals surface area contributed by atoms with Gasteiger partial charge in [0.1, 0.15) is 11.2 Å². The highest BCUT2D eigenvalue weighted by Gasteiger charge is 2.24. The van der Waals surface area contributed by atoms with Crippen LogP contribution in [0.25, 0.3) is 10.2 Å². The number of rotatable bonds is 5. The Labute approximate surface area is 160 Å². The topological polar surface area (TPSA) is 73.1 Å². The molecule has 0 saturated carbocycles. The summed E-state index contributed by atoms with van der Waals surface area (Å²) in [4.78, 5) is 38.0. The Balaban J connectivity index is 1.64. The van der Waals surface area contributed by atoms with Gasteiger partial charge in [0, 0.05) is 6.54 Å². The molecule has 1 aliphatic rings. The summed E-state index contributed by atoms with van der Waals surface area (Å²) in [5, 5.41) is 4.83. The Morgan fingerprint density at radius 1 is 1.22 bits per heavy atom. The molecule has 6 nitrogen and oxygen atoms in total. The van der Waals surface area contributed by atoms with Crippen molar-refractivity contribution in [2.75, 3.05) is 0 Å². The van der Waals surface area contributed by atoms with Crippen LogP contribution in [0.2, 0.25) is 0 Å².